The predicted octanol–water partition coefficient (Wildman–Crippen LogP) is 7.89. The summed E-state index contributed by atoms with van der Waals surface area (Å²) in [7, 11) is 0. The van der Waals surface area contributed by atoms with Gasteiger partial charge in [0.1, 0.15) is 0 Å². The van der Waals surface area contributed by atoms with Gasteiger partial charge in [0.25, 0.3) is 0 Å². The topological polar surface area (TPSA) is 16.1 Å². The van der Waals surface area contributed by atoms with Crippen LogP contribution in [-0.4, -0.2) is 4.98 Å². The molecule has 0 fully saturated rings. The quantitative estimate of drug-likeness (QED) is 0.299. The summed E-state index contributed by atoms with van der Waals surface area (Å²) in [4.78, 5) is 6.71. The highest BCUT2D eigenvalue weighted by molar-refractivity contribution is 5.78. The van der Waals surface area contributed by atoms with Crippen molar-refractivity contribution in [2.24, 2.45) is 0 Å². The third-order valence-electron chi connectivity index (χ3n) is 5.33. The van der Waals surface area contributed by atoms with E-state index < -0.39 is 0 Å². The molecule has 5 aromatic rings. The minimum Gasteiger partial charge on any atom is -0.311 e. The Morgan fingerprint density at radius 3 is 1.35 bits per heavy atom. The Bertz CT molecular complexity index is 1190. The second kappa shape index (κ2) is 8.68. The number of hydrogen-bond donors (Lipinski definition) is 0. The zero-order valence-corrected chi connectivity index (χ0v) is 17.1. The zero-order valence-electron chi connectivity index (χ0n) is 17.1. The van der Waals surface area contributed by atoms with Crippen LogP contribution in [-0.2, 0) is 0 Å². The van der Waals surface area contributed by atoms with Gasteiger partial charge in [-0.15, -0.1) is 0 Å². The highest BCUT2D eigenvalue weighted by atomic mass is 15.1. The number of pyridine rings is 1. The average Bonchev–Trinajstić information content (AvgIpc) is 2.87. The summed E-state index contributed by atoms with van der Waals surface area (Å²) in [6.45, 7) is 0. The average molecular weight is 399 g/mol. The summed E-state index contributed by atoms with van der Waals surface area (Å²) >= 11 is 0. The molecule has 2 heteroatoms. The molecule has 0 aliphatic rings. The number of rotatable bonds is 5. The maximum atomic E-state index is 4.43. The van der Waals surface area contributed by atoms with Gasteiger partial charge in [-0.2, -0.15) is 0 Å². The molecule has 0 saturated heterocycles. The largest absolute Gasteiger partial charge is 0.311 e. The molecule has 0 radical (unpaired) electrons. The van der Waals surface area contributed by atoms with Crippen LogP contribution < -0.4 is 4.90 Å². The highest BCUT2D eigenvalue weighted by Crippen LogP contribution is 2.35. The molecule has 0 spiro atoms. The minimum atomic E-state index is 0.991. The van der Waals surface area contributed by atoms with Crippen LogP contribution in [0.15, 0.2) is 134 Å². The fourth-order valence-electron chi connectivity index (χ4n) is 3.77. The normalized spacial score (nSPS) is 10.6. The van der Waals surface area contributed by atoms with Gasteiger partial charge in [-0.25, -0.2) is 0 Å². The number of benzene rings is 4. The van der Waals surface area contributed by atoms with E-state index in [4.69, 9.17) is 0 Å². The fraction of sp³-hybridized carbons (Fsp3) is 0. The van der Waals surface area contributed by atoms with Crippen LogP contribution in [0.5, 0.6) is 0 Å². The zero-order chi connectivity index (χ0) is 20.9. The van der Waals surface area contributed by atoms with Gasteiger partial charge in [-0.3, -0.25) is 4.98 Å². The SMILES string of the molecule is c1ccc(N(c2ccccc2)c2ccc(-c3ccc(-c4ccccn4)cc3)cc2)cc1. The van der Waals surface area contributed by atoms with E-state index in [0.717, 1.165) is 28.3 Å². The molecule has 0 aliphatic carbocycles. The van der Waals surface area contributed by atoms with E-state index in [9.17, 15) is 0 Å². The van der Waals surface area contributed by atoms with Crippen molar-refractivity contribution in [3.63, 3.8) is 0 Å². The predicted molar refractivity (Wildman–Crippen MR) is 130 cm³/mol. The fourth-order valence-corrected chi connectivity index (χ4v) is 3.77. The van der Waals surface area contributed by atoms with Gasteiger partial charge in [-0.1, -0.05) is 78.9 Å². The van der Waals surface area contributed by atoms with Gasteiger partial charge in [0, 0.05) is 28.8 Å². The number of para-hydroxylation sites is 2. The van der Waals surface area contributed by atoms with Crippen LogP contribution in [0.25, 0.3) is 22.4 Å². The lowest BCUT2D eigenvalue weighted by molar-refractivity contribution is 1.28. The van der Waals surface area contributed by atoms with Crippen LogP contribution in [0, 0.1) is 0 Å². The minimum absolute atomic E-state index is 0.991. The van der Waals surface area contributed by atoms with E-state index in [1.54, 1.807) is 0 Å². The molecule has 4 aromatic carbocycles. The first-order valence-electron chi connectivity index (χ1n) is 10.4. The Morgan fingerprint density at radius 1 is 0.387 bits per heavy atom. The van der Waals surface area contributed by atoms with Crippen molar-refractivity contribution >= 4 is 17.1 Å². The molecule has 1 aromatic heterocycles. The highest BCUT2D eigenvalue weighted by Gasteiger charge is 2.11. The van der Waals surface area contributed by atoms with Gasteiger partial charge >= 0.3 is 0 Å². The number of hydrogen-bond acceptors (Lipinski definition) is 2. The maximum Gasteiger partial charge on any atom is 0.0701 e. The first kappa shape index (κ1) is 18.8. The molecule has 0 unspecified atom stereocenters. The van der Waals surface area contributed by atoms with Crippen LogP contribution in [0.4, 0.5) is 17.1 Å². The first-order chi connectivity index (χ1) is 15.4. The number of aromatic nitrogens is 1. The van der Waals surface area contributed by atoms with Crippen molar-refractivity contribution in [3.05, 3.63) is 134 Å². The summed E-state index contributed by atoms with van der Waals surface area (Å²) in [6, 6.07) is 44.2. The summed E-state index contributed by atoms with van der Waals surface area (Å²) < 4.78 is 0. The molecule has 31 heavy (non-hydrogen) atoms. The van der Waals surface area contributed by atoms with E-state index in [2.05, 4.69) is 107 Å². The number of nitrogens with zero attached hydrogens (tertiary/aromatic N) is 2. The second-order valence-corrected chi connectivity index (χ2v) is 7.35. The van der Waals surface area contributed by atoms with E-state index >= 15 is 0 Å². The Balaban J connectivity index is 1.46. The Kier molecular flexibility index (Phi) is 5.27. The van der Waals surface area contributed by atoms with Gasteiger partial charge < -0.3 is 4.90 Å². The molecule has 0 aliphatic heterocycles. The smallest absolute Gasteiger partial charge is 0.0701 e. The first-order valence-corrected chi connectivity index (χ1v) is 10.4. The van der Waals surface area contributed by atoms with Gasteiger partial charge in [0.05, 0.1) is 5.69 Å². The molecule has 0 atom stereocenters. The molecule has 5 rings (SSSR count). The van der Waals surface area contributed by atoms with Gasteiger partial charge in [0.2, 0.25) is 0 Å². The third-order valence-corrected chi connectivity index (χ3v) is 5.33. The molecule has 148 valence electrons. The van der Waals surface area contributed by atoms with Crippen LogP contribution in [0.2, 0.25) is 0 Å². The van der Waals surface area contributed by atoms with Crippen molar-refractivity contribution < 1.29 is 0 Å². The van der Waals surface area contributed by atoms with Crippen LogP contribution in [0.3, 0.4) is 0 Å². The lowest BCUT2D eigenvalue weighted by atomic mass is 10.0. The molecule has 2 nitrogen and oxygen atoms in total. The van der Waals surface area contributed by atoms with Crippen molar-refractivity contribution in [1.82, 2.24) is 4.98 Å². The van der Waals surface area contributed by atoms with Crippen molar-refractivity contribution in [2.45, 2.75) is 0 Å². The van der Waals surface area contributed by atoms with Crippen molar-refractivity contribution in [1.29, 1.82) is 0 Å². The van der Waals surface area contributed by atoms with Gasteiger partial charge in [-0.05, 0) is 59.7 Å². The van der Waals surface area contributed by atoms with E-state index in [1.165, 1.54) is 11.1 Å². The molecule has 0 N–H and O–H groups in total. The van der Waals surface area contributed by atoms with Crippen LogP contribution >= 0.6 is 0 Å². The molecular formula is C29H22N2. The molecule has 0 bridgehead atoms. The van der Waals surface area contributed by atoms with Crippen molar-refractivity contribution in [2.75, 3.05) is 4.90 Å². The lowest BCUT2D eigenvalue weighted by Gasteiger charge is -2.25. The molecule has 0 amide bonds. The standard InChI is InChI=1S/C29H22N2/c1-3-9-26(10-4-1)31(27-11-5-2-6-12-27)28-20-18-24(19-21-28)23-14-16-25(17-15-23)29-13-7-8-22-30-29/h1-22H. The van der Waals surface area contributed by atoms with Crippen molar-refractivity contribution in [3.8, 4) is 22.4 Å². The Morgan fingerprint density at radius 2 is 0.839 bits per heavy atom. The van der Waals surface area contributed by atoms with E-state index in [-0.39, 0.29) is 0 Å². The maximum absolute atomic E-state index is 4.43. The van der Waals surface area contributed by atoms with Crippen LogP contribution in [0.1, 0.15) is 0 Å². The molecule has 0 saturated carbocycles. The Hall–Kier alpha value is -4.17. The summed E-state index contributed by atoms with van der Waals surface area (Å²) in [6.07, 6.45) is 1.83. The van der Waals surface area contributed by atoms with E-state index in [0.29, 0.717) is 0 Å². The van der Waals surface area contributed by atoms with E-state index in [1.807, 2.05) is 36.5 Å². The van der Waals surface area contributed by atoms with Gasteiger partial charge in [0.15, 0.2) is 0 Å². The Labute approximate surface area is 183 Å². The lowest BCUT2D eigenvalue weighted by Crippen LogP contribution is -2.09. The monoisotopic (exact) mass is 398 g/mol. The number of anilines is 3. The molecule has 1 heterocycles. The summed E-state index contributed by atoms with van der Waals surface area (Å²) in [5.74, 6) is 0. The third kappa shape index (κ3) is 4.10. The molecular weight excluding hydrogens is 376 g/mol. The summed E-state index contributed by atoms with van der Waals surface area (Å²) in [5, 5.41) is 0. The second-order valence-electron chi connectivity index (χ2n) is 7.35. The summed E-state index contributed by atoms with van der Waals surface area (Å²) in [5.41, 5.74) is 7.91.